The van der Waals surface area contributed by atoms with Crippen LogP contribution in [0.3, 0.4) is 0 Å². The van der Waals surface area contributed by atoms with E-state index in [1.807, 2.05) is 0 Å². The highest BCUT2D eigenvalue weighted by atomic mass is 19.4. The maximum absolute atomic E-state index is 13.3. The number of hydrogen-bond acceptors (Lipinski definition) is 2. The maximum Gasteiger partial charge on any atom is 0.416 e. The summed E-state index contributed by atoms with van der Waals surface area (Å²) in [7, 11) is 0. The molecule has 0 amide bonds. The lowest BCUT2D eigenvalue weighted by Crippen LogP contribution is -2.11. The van der Waals surface area contributed by atoms with E-state index in [1.54, 1.807) is 0 Å². The van der Waals surface area contributed by atoms with Crippen LogP contribution in [0.5, 0.6) is 5.75 Å². The number of alkyl halides is 3. The first-order valence-corrected chi connectivity index (χ1v) is 6.20. The van der Waals surface area contributed by atoms with Gasteiger partial charge in [0.25, 0.3) is 0 Å². The molecule has 0 aromatic heterocycles. The van der Waals surface area contributed by atoms with Gasteiger partial charge in [0.2, 0.25) is 0 Å². The fourth-order valence-electron chi connectivity index (χ4n) is 1.86. The number of carbonyl (C=O) groups is 1. The van der Waals surface area contributed by atoms with E-state index in [0.717, 1.165) is 18.2 Å². The average Bonchev–Trinajstić information content (AvgIpc) is 2.47. The summed E-state index contributed by atoms with van der Waals surface area (Å²) in [5.41, 5.74) is -1.30. The minimum Gasteiger partial charge on any atom is -0.481 e. The summed E-state index contributed by atoms with van der Waals surface area (Å²) in [6, 6.07) is 4.86. The molecular weight excluding hydrogens is 323 g/mol. The van der Waals surface area contributed by atoms with Crippen LogP contribution in [-0.2, 0) is 11.0 Å². The Morgan fingerprint density at radius 1 is 1.04 bits per heavy atom. The zero-order valence-corrected chi connectivity index (χ0v) is 11.3. The van der Waals surface area contributed by atoms with Crippen LogP contribution in [0.2, 0.25) is 0 Å². The molecule has 0 saturated carbocycles. The number of carboxylic acid groups (broad SMARTS) is 1. The zero-order valence-electron chi connectivity index (χ0n) is 11.3. The molecule has 1 N–H and O–H groups in total. The smallest absolute Gasteiger partial charge is 0.416 e. The topological polar surface area (TPSA) is 46.5 Å². The Bertz CT molecular complexity index is 740. The van der Waals surface area contributed by atoms with Gasteiger partial charge in [-0.3, -0.25) is 0 Å². The van der Waals surface area contributed by atoms with Crippen molar-refractivity contribution in [3.8, 4) is 16.9 Å². The largest absolute Gasteiger partial charge is 0.481 e. The van der Waals surface area contributed by atoms with E-state index in [9.17, 15) is 26.7 Å². The van der Waals surface area contributed by atoms with Gasteiger partial charge in [0.05, 0.1) is 5.56 Å². The van der Waals surface area contributed by atoms with Crippen molar-refractivity contribution in [3.05, 3.63) is 53.6 Å². The van der Waals surface area contributed by atoms with Gasteiger partial charge in [-0.05, 0) is 35.9 Å². The van der Waals surface area contributed by atoms with Gasteiger partial charge in [-0.2, -0.15) is 13.2 Å². The number of halogens is 5. The molecule has 0 aliphatic rings. The van der Waals surface area contributed by atoms with Gasteiger partial charge in [-0.15, -0.1) is 0 Å². The quantitative estimate of drug-likeness (QED) is 0.857. The third-order valence-corrected chi connectivity index (χ3v) is 2.89. The van der Waals surface area contributed by atoms with Gasteiger partial charge in [-0.25, -0.2) is 13.6 Å². The number of hydrogen-bond donors (Lipinski definition) is 1. The normalized spacial score (nSPS) is 11.3. The number of carboxylic acids is 1. The Balaban J connectivity index is 2.55. The molecule has 0 aliphatic carbocycles. The summed E-state index contributed by atoms with van der Waals surface area (Å²) in [6.45, 7) is -0.790. The van der Waals surface area contributed by atoms with E-state index in [-0.39, 0.29) is 16.9 Å². The van der Waals surface area contributed by atoms with Crippen LogP contribution >= 0.6 is 0 Å². The van der Waals surface area contributed by atoms with Gasteiger partial charge >= 0.3 is 12.1 Å². The van der Waals surface area contributed by atoms with Gasteiger partial charge < -0.3 is 9.84 Å². The minimum absolute atomic E-state index is 0.0737. The van der Waals surface area contributed by atoms with Crippen molar-refractivity contribution in [2.75, 3.05) is 6.61 Å². The van der Waals surface area contributed by atoms with Crippen molar-refractivity contribution in [1.82, 2.24) is 0 Å². The maximum atomic E-state index is 13.3. The zero-order chi connectivity index (χ0) is 17.2. The molecule has 2 aromatic carbocycles. The van der Waals surface area contributed by atoms with Crippen molar-refractivity contribution in [1.29, 1.82) is 0 Å². The van der Waals surface area contributed by atoms with Crippen molar-refractivity contribution >= 4 is 5.97 Å². The number of aliphatic carboxylic acids is 1. The number of ether oxygens (including phenoxy) is 1. The predicted molar refractivity (Wildman–Crippen MR) is 69.9 cm³/mol. The van der Waals surface area contributed by atoms with Crippen LogP contribution in [0.1, 0.15) is 5.56 Å². The van der Waals surface area contributed by atoms with Crippen LogP contribution in [0.15, 0.2) is 36.4 Å². The predicted octanol–water partition coefficient (Wildman–Crippen LogP) is 4.11. The Morgan fingerprint density at radius 3 is 2.30 bits per heavy atom. The molecule has 0 aliphatic heterocycles. The molecule has 0 radical (unpaired) electrons. The number of rotatable bonds is 4. The summed E-state index contributed by atoms with van der Waals surface area (Å²) in [5.74, 6) is -3.93. The summed E-state index contributed by atoms with van der Waals surface area (Å²) in [5, 5.41) is 8.59. The summed E-state index contributed by atoms with van der Waals surface area (Å²) < 4.78 is 69.6. The molecule has 2 rings (SSSR count). The SMILES string of the molecule is O=C(O)COc1ccc(C(F)(F)F)cc1-c1ccc(F)c(F)c1. The molecule has 0 saturated heterocycles. The molecule has 2 aromatic rings. The third kappa shape index (κ3) is 3.97. The molecule has 0 atom stereocenters. The molecule has 23 heavy (non-hydrogen) atoms. The van der Waals surface area contributed by atoms with E-state index in [1.165, 1.54) is 0 Å². The Morgan fingerprint density at radius 2 is 1.74 bits per heavy atom. The van der Waals surface area contributed by atoms with Crippen molar-refractivity contribution < 1.29 is 36.6 Å². The lowest BCUT2D eigenvalue weighted by molar-refractivity contribution is -0.140. The second-order valence-electron chi connectivity index (χ2n) is 4.52. The summed E-state index contributed by atoms with van der Waals surface area (Å²) in [4.78, 5) is 10.5. The Labute approximate surface area is 126 Å². The highest BCUT2D eigenvalue weighted by Crippen LogP contribution is 2.37. The van der Waals surface area contributed by atoms with Crippen LogP contribution in [0.4, 0.5) is 22.0 Å². The van der Waals surface area contributed by atoms with Gasteiger partial charge in [-0.1, -0.05) is 6.07 Å². The third-order valence-electron chi connectivity index (χ3n) is 2.89. The molecule has 3 nitrogen and oxygen atoms in total. The lowest BCUT2D eigenvalue weighted by atomic mass is 10.0. The van der Waals surface area contributed by atoms with Gasteiger partial charge in [0.1, 0.15) is 5.75 Å². The fraction of sp³-hybridized carbons (Fsp3) is 0.133. The van der Waals surface area contributed by atoms with E-state index in [2.05, 4.69) is 0 Å². The molecule has 8 heteroatoms. The molecule has 0 bridgehead atoms. The molecular formula is C15H9F5O3. The lowest BCUT2D eigenvalue weighted by Gasteiger charge is -2.14. The molecule has 0 unspecified atom stereocenters. The molecule has 0 heterocycles. The molecule has 0 fully saturated rings. The van der Waals surface area contributed by atoms with E-state index >= 15 is 0 Å². The Kier molecular flexibility index (Phi) is 4.53. The van der Waals surface area contributed by atoms with E-state index in [0.29, 0.717) is 18.2 Å². The van der Waals surface area contributed by atoms with Crippen LogP contribution < -0.4 is 4.74 Å². The van der Waals surface area contributed by atoms with Crippen molar-refractivity contribution in [2.24, 2.45) is 0 Å². The second kappa shape index (κ2) is 6.23. The van der Waals surface area contributed by atoms with Gasteiger partial charge in [0, 0.05) is 5.56 Å². The van der Waals surface area contributed by atoms with Crippen molar-refractivity contribution in [3.63, 3.8) is 0 Å². The van der Waals surface area contributed by atoms with E-state index < -0.39 is 36.0 Å². The minimum atomic E-state index is -4.65. The van der Waals surface area contributed by atoms with Gasteiger partial charge in [0.15, 0.2) is 18.2 Å². The second-order valence-corrected chi connectivity index (χ2v) is 4.52. The number of benzene rings is 2. The fourth-order valence-corrected chi connectivity index (χ4v) is 1.86. The standard InChI is InChI=1S/C15H9F5O3/c16-11-3-1-8(5-12(11)17)10-6-9(15(18,19)20)2-4-13(10)23-7-14(21)22/h1-6H,7H2,(H,21,22). The highest BCUT2D eigenvalue weighted by molar-refractivity contribution is 5.73. The average molecular weight is 332 g/mol. The van der Waals surface area contributed by atoms with E-state index in [4.69, 9.17) is 9.84 Å². The monoisotopic (exact) mass is 332 g/mol. The molecule has 0 spiro atoms. The van der Waals surface area contributed by atoms with Crippen LogP contribution in [-0.4, -0.2) is 17.7 Å². The summed E-state index contributed by atoms with van der Waals surface area (Å²) >= 11 is 0. The first kappa shape index (κ1) is 16.7. The summed E-state index contributed by atoms with van der Waals surface area (Å²) in [6.07, 6.45) is -4.65. The molecule has 122 valence electrons. The first-order chi connectivity index (χ1) is 10.7. The van der Waals surface area contributed by atoms with Crippen LogP contribution in [0, 0.1) is 11.6 Å². The highest BCUT2D eigenvalue weighted by Gasteiger charge is 2.31. The Hall–Kier alpha value is -2.64. The van der Waals surface area contributed by atoms with Crippen molar-refractivity contribution in [2.45, 2.75) is 6.18 Å². The van der Waals surface area contributed by atoms with Crippen LogP contribution in [0.25, 0.3) is 11.1 Å². The first-order valence-electron chi connectivity index (χ1n) is 6.20.